The highest BCUT2D eigenvalue weighted by atomic mass is 31.2. The lowest BCUT2D eigenvalue weighted by molar-refractivity contribution is 0.114. The summed E-state index contributed by atoms with van der Waals surface area (Å²) < 4.78 is 71.8. The van der Waals surface area contributed by atoms with Crippen LogP contribution in [0.4, 0.5) is 14.7 Å². The van der Waals surface area contributed by atoms with Gasteiger partial charge in [0.1, 0.15) is 24.6 Å². The van der Waals surface area contributed by atoms with E-state index >= 15 is 0 Å². The molecule has 15 heteroatoms. The molecule has 0 spiro atoms. The molecule has 5 rings (SSSR count). The maximum atomic E-state index is 14.2. The van der Waals surface area contributed by atoms with Crippen molar-refractivity contribution in [3.63, 3.8) is 0 Å². The number of aryl methyl sites for hydroxylation is 2. The molecular weight excluding hydrogens is 587 g/mol. The largest absolute Gasteiger partial charge is 0.424 e. The van der Waals surface area contributed by atoms with Gasteiger partial charge >= 0.3 is 7.60 Å². The van der Waals surface area contributed by atoms with Crippen molar-refractivity contribution in [3.8, 4) is 0 Å². The molecule has 3 heterocycles. The molecule has 1 aliphatic heterocycles. The molecule has 1 atom stereocenters. The maximum Gasteiger partial charge on any atom is 0.356 e. The summed E-state index contributed by atoms with van der Waals surface area (Å²) in [6.45, 7) is 6.42. The highest BCUT2D eigenvalue weighted by Crippen LogP contribution is 2.50. The SMILES string of the molecule is C=C1OC(COP(=O)(COCCn2cnc3c(=O)[nH]c(N)nc32)OCc2ccc(C)c(F)c2)=C(c2ccc(C)c(F)c2)O1. The zero-order valence-corrected chi connectivity index (χ0v) is 24.2. The van der Waals surface area contributed by atoms with E-state index in [-0.39, 0.29) is 54.3 Å². The summed E-state index contributed by atoms with van der Waals surface area (Å²) >= 11 is 0. The summed E-state index contributed by atoms with van der Waals surface area (Å²) in [6, 6.07) is 8.97. The third-order valence-corrected chi connectivity index (χ3v) is 7.96. The number of benzene rings is 2. The summed E-state index contributed by atoms with van der Waals surface area (Å²) in [7, 11) is -4.02. The Morgan fingerprint density at radius 1 is 1.07 bits per heavy atom. The monoisotopic (exact) mass is 615 g/mol. The van der Waals surface area contributed by atoms with Gasteiger partial charge in [-0.3, -0.25) is 18.9 Å². The third kappa shape index (κ3) is 7.00. The standard InChI is InChI=1S/C28H28F2N5O7P/c1-16-4-6-19(10-21(16)29)12-39-43(37,15-38-9-8-35-14-32-24-26(35)33-28(31)34-27(24)36)40-13-23-25(42-18(3)41-23)20-7-5-17(2)22(30)11-20/h4-7,10-11,14H,3,8-9,12-13,15H2,1-2H3,(H3,31,33,34,36). The van der Waals surface area contributed by atoms with Gasteiger partial charge in [0.15, 0.2) is 22.7 Å². The Morgan fingerprint density at radius 2 is 1.79 bits per heavy atom. The van der Waals surface area contributed by atoms with Crippen LogP contribution in [0, 0.1) is 25.5 Å². The van der Waals surface area contributed by atoms with Gasteiger partial charge in [0.2, 0.25) is 5.95 Å². The number of anilines is 1. The van der Waals surface area contributed by atoms with E-state index in [2.05, 4.69) is 21.5 Å². The number of nitrogen functional groups attached to an aromatic ring is 1. The fourth-order valence-corrected chi connectivity index (χ4v) is 5.30. The van der Waals surface area contributed by atoms with E-state index in [4.69, 9.17) is 29.0 Å². The molecule has 4 aromatic rings. The van der Waals surface area contributed by atoms with Crippen LogP contribution in [-0.4, -0.2) is 39.1 Å². The first kappa shape index (κ1) is 30.1. The first-order chi connectivity index (χ1) is 20.5. The molecule has 0 aliphatic carbocycles. The van der Waals surface area contributed by atoms with Crippen molar-refractivity contribution in [1.29, 1.82) is 0 Å². The molecule has 0 saturated carbocycles. The quantitative estimate of drug-likeness (QED) is 0.167. The van der Waals surface area contributed by atoms with E-state index in [1.807, 2.05) is 0 Å². The molecule has 2 aromatic carbocycles. The fraction of sp³-hybridized carbons (Fsp3) is 0.250. The molecule has 1 aliphatic rings. The van der Waals surface area contributed by atoms with Gasteiger partial charge in [0, 0.05) is 12.1 Å². The summed E-state index contributed by atoms with van der Waals surface area (Å²) in [5.74, 6) is -0.793. The topological polar surface area (TPSA) is 153 Å². The second kappa shape index (κ2) is 12.5. The minimum atomic E-state index is -4.02. The number of nitrogens with two attached hydrogens (primary N) is 1. The minimum Gasteiger partial charge on any atom is -0.424 e. The molecule has 12 nitrogen and oxygen atoms in total. The van der Waals surface area contributed by atoms with Crippen molar-refractivity contribution in [1.82, 2.24) is 19.5 Å². The highest BCUT2D eigenvalue weighted by molar-refractivity contribution is 7.53. The molecule has 3 N–H and O–H groups in total. The number of imidazole rings is 1. The van der Waals surface area contributed by atoms with Crippen molar-refractivity contribution < 1.29 is 36.6 Å². The van der Waals surface area contributed by atoms with Crippen LogP contribution < -0.4 is 11.3 Å². The second-order valence-corrected chi connectivity index (χ2v) is 11.6. The molecule has 0 saturated heterocycles. The molecule has 0 radical (unpaired) electrons. The molecule has 0 amide bonds. The number of H-pyrrole nitrogens is 1. The van der Waals surface area contributed by atoms with E-state index in [0.717, 1.165) is 0 Å². The van der Waals surface area contributed by atoms with Crippen LogP contribution in [0.5, 0.6) is 0 Å². The number of hydrogen-bond acceptors (Lipinski definition) is 10. The van der Waals surface area contributed by atoms with E-state index in [0.29, 0.717) is 22.3 Å². The van der Waals surface area contributed by atoms with E-state index in [1.165, 1.54) is 18.5 Å². The fourth-order valence-electron chi connectivity index (χ4n) is 4.07. The Morgan fingerprint density at radius 3 is 2.53 bits per heavy atom. The number of halogens is 2. The molecule has 2 aromatic heterocycles. The summed E-state index contributed by atoms with van der Waals surface area (Å²) in [6.07, 6.45) is 0.911. The number of nitrogens with one attached hydrogen (secondary N) is 1. The zero-order chi connectivity index (χ0) is 30.7. The Hall–Kier alpha value is -4.36. The lowest BCUT2D eigenvalue weighted by atomic mass is 10.1. The Labute approximate surface area is 244 Å². The van der Waals surface area contributed by atoms with Crippen LogP contribution in [0.1, 0.15) is 22.3 Å². The number of aromatic amines is 1. The van der Waals surface area contributed by atoms with Gasteiger partial charge < -0.3 is 29.0 Å². The molecule has 1 unspecified atom stereocenters. The van der Waals surface area contributed by atoms with Crippen LogP contribution in [0.2, 0.25) is 0 Å². The Bertz CT molecular complexity index is 1840. The lowest BCUT2D eigenvalue weighted by Gasteiger charge is -2.19. The van der Waals surface area contributed by atoms with Gasteiger partial charge in [-0.1, -0.05) is 24.3 Å². The highest BCUT2D eigenvalue weighted by Gasteiger charge is 2.31. The lowest BCUT2D eigenvalue weighted by Crippen LogP contribution is -2.13. The summed E-state index contributed by atoms with van der Waals surface area (Å²) in [5.41, 5.74) is 7.20. The van der Waals surface area contributed by atoms with Gasteiger partial charge in [0.05, 0.1) is 19.5 Å². The van der Waals surface area contributed by atoms with Gasteiger partial charge in [-0.25, -0.2) is 13.8 Å². The minimum absolute atomic E-state index is 0.00270. The van der Waals surface area contributed by atoms with E-state index in [1.54, 1.807) is 42.7 Å². The van der Waals surface area contributed by atoms with Crippen molar-refractivity contribution in [2.45, 2.75) is 27.0 Å². The first-order valence-corrected chi connectivity index (χ1v) is 14.7. The van der Waals surface area contributed by atoms with Gasteiger partial charge in [-0.05, 0) is 49.2 Å². The number of hydrogen-bond donors (Lipinski definition) is 2. The Balaban J connectivity index is 1.30. The number of ether oxygens (including phenoxy) is 3. The first-order valence-electron chi connectivity index (χ1n) is 13.0. The molecular formula is C28H28F2N5O7P. The third-order valence-electron chi connectivity index (χ3n) is 6.42. The van der Waals surface area contributed by atoms with Gasteiger partial charge in [0.25, 0.3) is 11.5 Å². The number of fused-ring (bicyclic) bond motifs is 1. The number of rotatable bonds is 12. The number of nitrogens with zero attached hydrogens (tertiary/aromatic N) is 3. The number of aromatic nitrogens is 4. The van der Waals surface area contributed by atoms with Crippen LogP contribution in [0.3, 0.4) is 0 Å². The second-order valence-electron chi connectivity index (χ2n) is 9.63. The molecule has 226 valence electrons. The summed E-state index contributed by atoms with van der Waals surface area (Å²) in [5, 5.41) is 0. The molecule has 0 fully saturated rings. The van der Waals surface area contributed by atoms with E-state index in [9.17, 15) is 18.1 Å². The maximum absolute atomic E-state index is 14.2. The van der Waals surface area contributed by atoms with Crippen molar-refractivity contribution in [2.75, 3.05) is 25.3 Å². The van der Waals surface area contributed by atoms with Crippen molar-refractivity contribution in [3.05, 3.63) is 105 Å². The Kier molecular flexibility index (Phi) is 8.74. The zero-order valence-electron chi connectivity index (χ0n) is 23.3. The average Bonchev–Trinajstić information content (AvgIpc) is 3.55. The van der Waals surface area contributed by atoms with E-state index < -0.39 is 37.7 Å². The molecule has 43 heavy (non-hydrogen) atoms. The normalized spacial score (nSPS) is 14.7. The van der Waals surface area contributed by atoms with Gasteiger partial charge in [-0.2, -0.15) is 4.98 Å². The smallest absolute Gasteiger partial charge is 0.356 e. The van der Waals surface area contributed by atoms with Crippen molar-refractivity contribution in [2.24, 2.45) is 0 Å². The predicted octanol–water partition coefficient (Wildman–Crippen LogP) is 4.88. The van der Waals surface area contributed by atoms with Crippen LogP contribution >= 0.6 is 7.60 Å². The average molecular weight is 616 g/mol. The predicted molar refractivity (Wildman–Crippen MR) is 152 cm³/mol. The van der Waals surface area contributed by atoms with Crippen molar-refractivity contribution >= 4 is 30.5 Å². The van der Waals surface area contributed by atoms with Crippen LogP contribution in [-0.2, 0) is 41.0 Å². The summed E-state index contributed by atoms with van der Waals surface area (Å²) in [4.78, 5) is 22.5. The van der Waals surface area contributed by atoms with Crippen LogP contribution in [0.25, 0.3) is 16.9 Å². The molecule has 0 bridgehead atoms. The van der Waals surface area contributed by atoms with Gasteiger partial charge in [-0.15, -0.1) is 0 Å². The van der Waals surface area contributed by atoms with Crippen LogP contribution in [0.15, 0.2) is 65.8 Å².